The number of aliphatic imine (C=N–C) groups is 2. The van der Waals surface area contributed by atoms with Gasteiger partial charge in [-0.25, -0.2) is 0 Å². The molecule has 1 aliphatic carbocycles. The summed E-state index contributed by atoms with van der Waals surface area (Å²) < 4.78 is 0. The molecule has 24 N–H and O–H groups in total. The molecule has 1 aliphatic heterocycles. The Labute approximate surface area is 413 Å². The van der Waals surface area contributed by atoms with E-state index in [0.29, 0.717) is 38.8 Å². The average molecular weight is 1010 g/mol. The first-order valence-electron chi connectivity index (χ1n) is 24.1. The van der Waals surface area contributed by atoms with Crippen LogP contribution in [0.3, 0.4) is 0 Å². The number of hydrogen-bond acceptors (Lipinski definition) is 15. The second-order valence-electron chi connectivity index (χ2n) is 18.1. The summed E-state index contributed by atoms with van der Waals surface area (Å²) in [5.74, 6) is -7.88. The summed E-state index contributed by atoms with van der Waals surface area (Å²) in [4.78, 5) is 129. The topological polar surface area (TPSA) is 494 Å². The third-order valence-corrected chi connectivity index (χ3v) is 12.6. The van der Waals surface area contributed by atoms with Crippen LogP contribution in [0.4, 0.5) is 0 Å². The van der Waals surface area contributed by atoms with E-state index in [1.54, 1.807) is 6.92 Å². The summed E-state index contributed by atoms with van der Waals surface area (Å²) in [6.07, 6.45) is 1.11. The molecule has 402 valence electrons. The van der Waals surface area contributed by atoms with Crippen LogP contribution < -0.4 is 83.1 Å². The number of nitrogens with two attached hydrogens (primary N) is 8. The number of carbonyl (C=O) groups excluding carboxylic acids is 9. The molecule has 0 aromatic heterocycles. The van der Waals surface area contributed by atoms with E-state index in [1.165, 1.54) is 18.7 Å². The first kappa shape index (κ1) is 60.7. The Morgan fingerprint density at radius 2 is 1.20 bits per heavy atom. The lowest BCUT2D eigenvalue weighted by Crippen LogP contribution is -2.60. The molecule has 1 saturated carbocycles. The van der Waals surface area contributed by atoms with Crippen molar-refractivity contribution in [2.75, 3.05) is 45.8 Å². The number of likely N-dealkylation sites (tertiary alicyclic amines) is 1. The van der Waals surface area contributed by atoms with Gasteiger partial charge in [-0.3, -0.25) is 53.1 Å². The van der Waals surface area contributed by atoms with Crippen molar-refractivity contribution in [2.45, 2.75) is 134 Å². The third kappa shape index (κ3) is 19.7. The second-order valence-corrected chi connectivity index (χ2v) is 18.1. The molecule has 0 unspecified atom stereocenters. The fourth-order valence-electron chi connectivity index (χ4n) is 8.47. The maximum atomic E-state index is 14.6. The molecule has 1 saturated heterocycles. The summed E-state index contributed by atoms with van der Waals surface area (Å²) >= 11 is 0. The van der Waals surface area contributed by atoms with E-state index in [1.807, 2.05) is 6.92 Å². The van der Waals surface area contributed by atoms with Crippen molar-refractivity contribution in [3.8, 4) is 0 Å². The number of nitrogens with one attached hydrogen (secondary N) is 7. The molecule has 1 heterocycles. The third-order valence-electron chi connectivity index (χ3n) is 12.6. The van der Waals surface area contributed by atoms with Crippen molar-refractivity contribution in [3.63, 3.8) is 0 Å². The van der Waals surface area contributed by atoms with Gasteiger partial charge in [0.05, 0.1) is 19.2 Å². The van der Waals surface area contributed by atoms with Gasteiger partial charge in [-0.1, -0.05) is 20.3 Å². The highest BCUT2D eigenvalue weighted by molar-refractivity contribution is 5.98. The highest BCUT2D eigenvalue weighted by atomic mass is 16.3. The van der Waals surface area contributed by atoms with E-state index in [9.17, 15) is 48.3 Å². The maximum Gasteiger partial charge on any atom is 0.245 e. The molecular weight excluding hydrogens is 929 g/mol. The summed E-state index contributed by atoms with van der Waals surface area (Å²) in [6.45, 7) is 5.99. The zero-order chi connectivity index (χ0) is 53.5. The summed E-state index contributed by atoms with van der Waals surface area (Å²) in [5.41, 5.74) is 44.3. The average Bonchev–Trinajstić information content (AvgIpc) is 3.81. The van der Waals surface area contributed by atoms with Crippen LogP contribution in [0.15, 0.2) is 9.98 Å². The Hall–Kier alpha value is -6.39. The lowest BCUT2D eigenvalue weighted by Gasteiger charge is -2.33. The van der Waals surface area contributed by atoms with Crippen molar-refractivity contribution in [2.24, 2.45) is 79.5 Å². The van der Waals surface area contributed by atoms with Crippen molar-refractivity contribution < 1.29 is 48.3 Å². The van der Waals surface area contributed by atoms with Gasteiger partial charge >= 0.3 is 0 Å². The van der Waals surface area contributed by atoms with Crippen molar-refractivity contribution >= 4 is 65.1 Å². The van der Waals surface area contributed by atoms with E-state index in [0.717, 1.165) is 0 Å². The minimum atomic E-state index is -1.61. The molecule has 28 heteroatoms. The molecule has 28 nitrogen and oxygen atoms in total. The van der Waals surface area contributed by atoms with Crippen molar-refractivity contribution in [3.05, 3.63) is 0 Å². The first-order chi connectivity index (χ1) is 33.5. The molecule has 0 aromatic carbocycles. The quantitative estimate of drug-likeness (QED) is 0.0165. The molecule has 0 radical (unpaired) electrons. The molecule has 0 bridgehead atoms. The Morgan fingerprint density at radius 3 is 1.73 bits per heavy atom. The van der Waals surface area contributed by atoms with Crippen LogP contribution in [0.1, 0.15) is 85.5 Å². The van der Waals surface area contributed by atoms with Crippen LogP contribution in [0.2, 0.25) is 0 Å². The molecular formula is C43H80N18O10. The maximum absolute atomic E-state index is 14.6. The van der Waals surface area contributed by atoms with Gasteiger partial charge in [0.15, 0.2) is 11.9 Å². The summed E-state index contributed by atoms with van der Waals surface area (Å²) in [5, 5.41) is 28.3. The van der Waals surface area contributed by atoms with E-state index in [2.05, 4.69) is 47.2 Å². The minimum absolute atomic E-state index is 0.0128. The van der Waals surface area contributed by atoms with Crippen LogP contribution >= 0.6 is 0 Å². The molecule has 71 heavy (non-hydrogen) atoms. The molecule has 2 aliphatic rings. The lowest BCUT2D eigenvalue weighted by atomic mass is 9.98. The number of piperidine rings is 1. The number of hydrogen-bond donors (Lipinski definition) is 16. The number of nitrogens with zero attached hydrogens (tertiary/aromatic N) is 3. The molecule has 12 atom stereocenters. The number of primary amides is 1. The van der Waals surface area contributed by atoms with Gasteiger partial charge in [-0.2, -0.15) is 0 Å². The zero-order valence-electron chi connectivity index (χ0n) is 41.3. The molecule has 2 fully saturated rings. The van der Waals surface area contributed by atoms with E-state index < -0.39 is 115 Å². The number of fused-ring (bicyclic) bond motifs is 1. The lowest BCUT2D eigenvalue weighted by molar-refractivity contribution is -0.143. The Morgan fingerprint density at radius 1 is 0.648 bits per heavy atom. The van der Waals surface area contributed by atoms with Gasteiger partial charge in [-0.15, -0.1) is 0 Å². The van der Waals surface area contributed by atoms with Crippen LogP contribution in [-0.4, -0.2) is 169 Å². The van der Waals surface area contributed by atoms with Crippen LogP contribution in [-0.2, 0) is 43.2 Å². The minimum Gasteiger partial charge on any atom is -0.391 e. The normalized spacial score (nSPS) is 20.1. The number of amides is 9. The number of guanidine groups is 2. The Kier molecular flexibility index (Phi) is 26.0. The van der Waals surface area contributed by atoms with Gasteiger partial charge in [0, 0.05) is 19.6 Å². The number of carbonyl (C=O) groups is 9. The fourth-order valence-corrected chi connectivity index (χ4v) is 8.47. The molecule has 9 amide bonds. The van der Waals surface area contributed by atoms with Crippen LogP contribution in [0.25, 0.3) is 0 Å². The van der Waals surface area contributed by atoms with Gasteiger partial charge in [0.2, 0.25) is 53.2 Å². The van der Waals surface area contributed by atoms with Crippen LogP contribution in [0.5, 0.6) is 0 Å². The van der Waals surface area contributed by atoms with Gasteiger partial charge in [0.25, 0.3) is 0 Å². The number of aliphatic hydroxyl groups excluding tert-OH is 1. The van der Waals surface area contributed by atoms with Gasteiger partial charge < -0.3 is 93.1 Å². The zero-order valence-corrected chi connectivity index (χ0v) is 41.3. The van der Waals surface area contributed by atoms with E-state index in [-0.39, 0.29) is 87.3 Å². The molecule has 0 aromatic rings. The van der Waals surface area contributed by atoms with Crippen molar-refractivity contribution in [1.29, 1.82) is 0 Å². The highest BCUT2D eigenvalue weighted by Crippen LogP contribution is 2.57. The molecule has 2 rings (SSSR count). The van der Waals surface area contributed by atoms with Crippen LogP contribution in [0, 0.1) is 23.7 Å². The standard InChI is InChI=1S/C43H80N18O10/c1-5-21(2)32(35(47)65)59-36(66)22(3)55-37(67)27(10-6-7-14-44)58-40(70)34-31-24(13-15-45)25(31)20-61(34)41(71)28(12-9-17-53-43(50)51)57-30(64)19-54-39(69)33(23(4)62)60-38(68)26(56-29(63)18-46)11-8-16-52-42(48)49/h21-28,31-34,62H,5-20,44-46H2,1-4H3,(H2,47,65)(H,54,69)(H,55,67)(H,56,63)(H,57,64)(H,58,70)(H,59,66)(H,60,68)(H4,48,49,52)(H4,50,51,53)/t21-,22-,23+,24+,25+,26-,27-,28-,31-,32-,33-,34-/m0/s1. The first-order valence-corrected chi connectivity index (χ1v) is 24.1. The summed E-state index contributed by atoms with van der Waals surface area (Å²) in [6, 6.07) is -8.48. The SMILES string of the molecule is CC[C@H](C)[C@H](NC(=O)[C@H](C)NC(=O)[C@H](CCCCN)NC(=O)[C@@H]1[C@H]2[C@H](CCN)[C@H]2CN1C(=O)[C@H](CCCN=C(N)N)NC(=O)CNC(=O)[C@@H](NC(=O)[C@H](CCCN=C(N)N)NC(=O)CN)[C@@H](C)O)C(N)=O. The van der Waals surface area contributed by atoms with E-state index >= 15 is 0 Å². The highest BCUT2D eigenvalue weighted by Gasteiger charge is 2.64. The Balaban J connectivity index is 2.34. The Bertz CT molecular complexity index is 1900. The predicted molar refractivity (Wildman–Crippen MR) is 262 cm³/mol. The largest absolute Gasteiger partial charge is 0.391 e. The smallest absolute Gasteiger partial charge is 0.245 e. The second kappa shape index (κ2) is 30.4. The predicted octanol–water partition coefficient (Wildman–Crippen LogP) is -7.44. The number of unbranched alkanes of at least 4 members (excludes halogenated alkanes) is 1. The van der Waals surface area contributed by atoms with Crippen molar-refractivity contribution in [1.82, 2.24) is 42.1 Å². The fraction of sp³-hybridized carbons (Fsp3) is 0.744. The summed E-state index contributed by atoms with van der Waals surface area (Å²) in [7, 11) is 0. The number of rotatable bonds is 33. The van der Waals surface area contributed by atoms with Gasteiger partial charge in [0.1, 0.15) is 42.3 Å². The molecule has 0 spiro atoms. The number of aliphatic hydroxyl groups is 1. The van der Waals surface area contributed by atoms with E-state index in [4.69, 9.17) is 45.9 Å². The monoisotopic (exact) mass is 1010 g/mol. The van der Waals surface area contributed by atoms with Gasteiger partial charge in [-0.05, 0) is 102 Å².